The van der Waals surface area contributed by atoms with E-state index in [1.165, 1.54) is 18.1 Å². The summed E-state index contributed by atoms with van der Waals surface area (Å²) in [6.45, 7) is 0.704. The predicted molar refractivity (Wildman–Crippen MR) is 120 cm³/mol. The second-order valence-electron chi connectivity index (χ2n) is 7.22. The van der Waals surface area contributed by atoms with Crippen LogP contribution in [-0.4, -0.2) is 43.7 Å². The monoisotopic (exact) mass is 429 g/mol. The zero-order chi connectivity index (χ0) is 21.2. The van der Waals surface area contributed by atoms with Crippen LogP contribution in [-0.2, 0) is 4.79 Å². The molecule has 0 bridgehead atoms. The molecule has 0 unspecified atom stereocenters. The summed E-state index contributed by atoms with van der Waals surface area (Å²) in [5.41, 5.74) is 2.99. The van der Waals surface area contributed by atoms with E-state index in [4.69, 9.17) is 0 Å². The molecule has 0 aliphatic carbocycles. The average Bonchev–Trinajstić information content (AvgIpc) is 3.44. The van der Waals surface area contributed by atoms with Crippen molar-refractivity contribution in [3.05, 3.63) is 72.7 Å². The molecule has 5 rings (SSSR count). The second-order valence-corrected chi connectivity index (χ2v) is 8.18. The summed E-state index contributed by atoms with van der Waals surface area (Å²) in [4.78, 5) is 35.3. The van der Waals surface area contributed by atoms with Gasteiger partial charge in [-0.2, -0.15) is 5.10 Å². The fraction of sp³-hybridized carbons (Fsp3) is 0.174. The summed E-state index contributed by atoms with van der Waals surface area (Å²) in [6.07, 6.45) is 4.65. The summed E-state index contributed by atoms with van der Waals surface area (Å²) in [6, 6.07) is 17.1. The molecule has 0 radical (unpaired) electrons. The maximum atomic E-state index is 12.8. The molecule has 0 saturated carbocycles. The zero-order valence-electron chi connectivity index (χ0n) is 16.6. The zero-order valence-corrected chi connectivity index (χ0v) is 17.5. The Balaban J connectivity index is 1.35. The van der Waals surface area contributed by atoms with Crippen LogP contribution >= 0.6 is 11.8 Å². The van der Waals surface area contributed by atoms with Gasteiger partial charge in [0.1, 0.15) is 11.4 Å². The molecule has 1 aliphatic rings. The Morgan fingerprint density at radius 1 is 1.03 bits per heavy atom. The molecule has 1 saturated heterocycles. The molecule has 1 amide bonds. The number of ketones is 1. The van der Waals surface area contributed by atoms with Gasteiger partial charge < -0.3 is 4.90 Å². The minimum atomic E-state index is -0.0132. The Morgan fingerprint density at radius 3 is 2.68 bits per heavy atom. The lowest BCUT2D eigenvalue weighted by atomic mass is 10.1. The van der Waals surface area contributed by atoms with Crippen LogP contribution in [0.1, 0.15) is 23.2 Å². The van der Waals surface area contributed by atoms with Crippen molar-refractivity contribution in [1.82, 2.24) is 19.7 Å². The molecule has 7 nitrogen and oxygen atoms in total. The van der Waals surface area contributed by atoms with Crippen molar-refractivity contribution in [3.63, 3.8) is 0 Å². The number of benzene rings is 2. The number of fused-ring (bicyclic) bond motifs is 1. The number of rotatable bonds is 6. The Morgan fingerprint density at radius 2 is 1.87 bits per heavy atom. The lowest BCUT2D eigenvalue weighted by Gasteiger charge is -2.16. The third-order valence-corrected chi connectivity index (χ3v) is 6.23. The Labute approximate surface area is 183 Å². The molecule has 0 atom stereocenters. The normalized spacial score (nSPS) is 13.8. The van der Waals surface area contributed by atoms with Crippen molar-refractivity contribution < 1.29 is 9.59 Å². The number of hydrogen-bond donors (Lipinski definition) is 0. The van der Waals surface area contributed by atoms with Gasteiger partial charge >= 0.3 is 0 Å². The highest BCUT2D eigenvalue weighted by Gasteiger charge is 2.22. The molecular formula is C23H19N5O2S. The third-order valence-electron chi connectivity index (χ3n) is 5.22. The Kier molecular flexibility index (Phi) is 5.21. The number of carbonyl (C=O) groups is 2. The van der Waals surface area contributed by atoms with Crippen molar-refractivity contribution in [2.24, 2.45) is 0 Å². The van der Waals surface area contributed by atoms with Crippen LogP contribution in [0.3, 0.4) is 0 Å². The summed E-state index contributed by atoms with van der Waals surface area (Å²) in [5.74, 6) is 0.332. The number of aromatic nitrogens is 4. The quantitative estimate of drug-likeness (QED) is 0.263. The molecule has 31 heavy (non-hydrogen) atoms. The van der Waals surface area contributed by atoms with E-state index in [2.05, 4.69) is 15.1 Å². The van der Waals surface area contributed by atoms with Crippen LogP contribution in [0.4, 0.5) is 5.69 Å². The first-order valence-electron chi connectivity index (χ1n) is 10.0. The first-order chi connectivity index (χ1) is 15.2. The largest absolute Gasteiger partial charge is 0.312 e. The number of carbonyl (C=O) groups excluding carboxylic acids is 2. The number of hydrogen-bond acceptors (Lipinski definition) is 6. The number of amides is 1. The summed E-state index contributed by atoms with van der Waals surface area (Å²) in [5, 5.41) is 5.97. The third kappa shape index (κ3) is 3.82. The maximum Gasteiger partial charge on any atom is 0.227 e. The van der Waals surface area contributed by atoms with E-state index >= 15 is 0 Å². The number of thioether (sulfide) groups is 1. The van der Waals surface area contributed by atoms with Crippen molar-refractivity contribution >= 4 is 40.2 Å². The van der Waals surface area contributed by atoms with Gasteiger partial charge in [-0.25, -0.2) is 14.6 Å². The van der Waals surface area contributed by atoms with Gasteiger partial charge in [0.25, 0.3) is 0 Å². The van der Waals surface area contributed by atoms with Crippen molar-refractivity contribution in [3.8, 4) is 5.69 Å². The molecule has 0 N–H and O–H groups in total. The molecule has 2 aromatic heterocycles. The van der Waals surface area contributed by atoms with Crippen LogP contribution in [0.25, 0.3) is 16.7 Å². The fourth-order valence-electron chi connectivity index (χ4n) is 3.68. The summed E-state index contributed by atoms with van der Waals surface area (Å²) in [7, 11) is 0. The van der Waals surface area contributed by atoms with Crippen LogP contribution in [0.2, 0.25) is 0 Å². The maximum absolute atomic E-state index is 12.8. The van der Waals surface area contributed by atoms with Crippen LogP contribution < -0.4 is 4.90 Å². The van der Waals surface area contributed by atoms with E-state index in [0.29, 0.717) is 29.2 Å². The first kappa shape index (κ1) is 19.4. The van der Waals surface area contributed by atoms with E-state index in [-0.39, 0.29) is 17.4 Å². The van der Waals surface area contributed by atoms with Gasteiger partial charge in [0.05, 0.1) is 23.0 Å². The molecule has 1 fully saturated rings. The molecule has 2 aromatic carbocycles. The van der Waals surface area contributed by atoms with Crippen molar-refractivity contribution in [2.45, 2.75) is 17.9 Å². The number of nitrogens with zero attached hydrogens (tertiary/aromatic N) is 5. The van der Waals surface area contributed by atoms with Gasteiger partial charge in [-0.15, -0.1) is 0 Å². The van der Waals surface area contributed by atoms with Gasteiger partial charge in [0.15, 0.2) is 11.4 Å². The van der Waals surface area contributed by atoms with E-state index in [0.717, 1.165) is 23.2 Å². The molecule has 3 heterocycles. The highest BCUT2D eigenvalue weighted by Crippen LogP contribution is 2.27. The highest BCUT2D eigenvalue weighted by molar-refractivity contribution is 8.00. The predicted octanol–water partition coefficient (Wildman–Crippen LogP) is 3.92. The number of anilines is 1. The number of para-hydroxylation sites is 1. The highest BCUT2D eigenvalue weighted by atomic mass is 32.2. The summed E-state index contributed by atoms with van der Waals surface area (Å²) < 4.78 is 1.76. The lowest BCUT2D eigenvalue weighted by molar-refractivity contribution is -0.117. The minimum Gasteiger partial charge on any atom is -0.312 e. The SMILES string of the molecule is O=C(CSc1ncnc2c1cnn2-c1ccccc1)c1cccc(N2CCCC2=O)c1. The smallest absolute Gasteiger partial charge is 0.227 e. The standard InChI is InChI=1S/C23H19N5O2S/c29-20(16-6-4-9-18(12-16)27-11-5-10-21(27)30)14-31-23-19-13-26-28(22(19)24-15-25-23)17-7-2-1-3-8-17/h1-4,6-9,12-13,15H,5,10-11,14H2. The van der Waals surface area contributed by atoms with Crippen LogP contribution in [0, 0.1) is 0 Å². The van der Waals surface area contributed by atoms with E-state index < -0.39 is 0 Å². The average molecular weight is 430 g/mol. The van der Waals surface area contributed by atoms with Crippen molar-refractivity contribution in [2.75, 3.05) is 17.2 Å². The summed E-state index contributed by atoms with van der Waals surface area (Å²) >= 11 is 1.37. The van der Waals surface area contributed by atoms with E-state index in [1.54, 1.807) is 27.9 Å². The molecule has 154 valence electrons. The second kappa shape index (κ2) is 8.31. The minimum absolute atomic E-state index is 0.0132. The number of Topliss-reactive ketones (excluding diaryl/α,β-unsaturated/α-hetero) is 1. The van der Waals surface area contributed by atoms with Gasteiger partial charge in [0.2, 0.25) is 5.91 Å². The van der Waals surface area contributed by atoms with E-state index in [9.17, 15) is 9.59 Å². The molecular weight excluding hydrogens is 410 g/mol. The van der Waals surface area contributed by atoms with Crippen LogP contribution in [0.15, 0.2) is 72.1 Å². The Bertz CT molecular complexity index is 1270. The molecule has 8 heteroatoms. The van der Waals surface area contributed by atoms with Gasteiger partial charge in [-0.1, -0.05) is 42.1 Å². The Hall–Kier alpha value is -3.52. The van der Waals surface area contributed by atoms with E-state index in [1.807, 2.05) is 42.5 Å². The topological polar surface area (TPSA) is 81.0 Å². The molecule has 4 aromatic rings. The fourth-order valence-corrected chi connectivity index (χ4v) is 4.54. The first-order valence-corrected chi connectivity index (χ1v) is 11.0. The molecule has 1 aliphatic heterocycles. The van der Waals surface area contributed by atoms with Crippen molar-refractivity contribution in [1.29, 1.82) is 0 Å². The lowest BCUT2D eigenvalue weighted by Crippen LogP contribution is -2.23. The van der Waals surface area contributed by atoms with Crippen LogP contribution in [0.5, 0.6) is 0 Å². The van der Waals surface area contributed by atoms with Gasteiger partial charge in [-0.05, 0) is 30.7 Å². The van der Waals surface area contributed by atoms with Gasteiger partial charge in [0, 0.05) is 24.2 Å². The molecule has 0 spiro atoms. The van der Waals surface area contributed by atoms with Gasteiger partial charge in [-0.3, -0.25) is 9.59 Å².